The predicted octanol–water partition coefficient (Wildman–Crippen LogP) is 4.80. The van der Waals surface area contributed by atoms with Crippen LogP contribution in [0.5, 0.6) is 11.5 Å². The molecule has 0 heterocycles. The SMILES string of the molecule is C=CC1=CCC2(Cl)C(=O)C(Cl)=C(Cl)C(=O)C2(Cl)C1c1ccc(OC)c(O)c1. The summed E-state index contributed by atoms with van der Waals surface area (Å²) in [5.41, 5.74) is 1.03. The highest BCUT2D eigenvalue weighted by atomic mass is 35.5. The molecule has 0 saturated carbocycles. The molecule has 3 unspecified atom stereocenters. The number of aromatic hydroxyl groups is 1. The van der Waals surface area contributed by atoms with E-state index in [0.29, 0.717) is 11.1 Å². The van der Waals surface area contributed by atoms with Crippen LogP contribution in [0.4, 0.5) is 0 Å². The molecule has 0 fully saturated rings. The van der Waals surface area contributed by atoms with Crippen molar-refractivity contribution in [1.82, 2.24) is 0 Å². The molecule has 3 atom stereocenters. The molecule has 3 rings (SSSR count). The van der Waals surface area contributed by atoms with E-state index in [0.717, 1.165) is 0 Å². The number of allylic oxidation sites excluding steroid dienone is 5. The van der Waals surface area contributed by atoms with Gasteiger partial charge in [0.15, 0.2) is 23.1 Å². The first-order chi connectivity index (χ1) is 12.6. The van der Waals surface area contributed by atoms with Gasteiger partial charge in [0.05, 0.1) is 7.11 Å². The molecule has 0 saturated heterocycles. The second-order valence-corrected chi connectivity index (χ2v) is 8.27. The van der Waals surface area contributed by atoms with Crippen LogP contribution in [0.15, 0.2) is 52.6 Å². The number of phenolic OH excluding ortho intramolecular Hbond substituents is 1. The number of rotatable bonds is 3. The van der Waals surface area contributed by atoms with Crippen molar-refractivity contribution in [3.05, 3.63) is 58.1 Å². The highest BCUT2D eigenvalue weighted by Gasteiger charge is 2.68. The Morgan fingerprint density at radius 1 is 1.22 bits per heavy atom. The standard InChI is InChI=1S/C19H14Cl4O4/c1-3-9-6-7-18(22)16(25)14(20)15(21)17(26)19(18,23)13(9)10-4-5-12(27-2)11(24)8-10/h3-6,8,13,24H,1,7H2,2H3. The molecule has 0 amide bonds. The third-order valence-electron chi connectivity index (χ3n) is 4.98. The van der Waals surface area contributed by atoms with Gasteiger partial charge in [0.25, 0.3) is 0 Å². The lowest BCUT2D eigenvalue weighted by atomic mass is 9.62. The van der Waals surface area contributed by atoms with Gasteiger partial charge in [0, 0.05) is 5.92 Å². The predicted molar refractivity (Wildman–Crippen MR) is 106 cm³/mol. The Balaban J connectivity index is 2.31. The van der Waals surface area contributed by atoms with Crippen molar-refractivity contribution in [3.8, 4) is 11.5 Å². The number of methoxy groups -OCH3 is 1. The van der Waals surface area contributed by atoms with Gasteiger partial charge in [0.1, 0.15) is 19.8 Å². The van der Waals surface area contributed by atoms with Crippen LogP contribution in [0.3, 0.4) is 0 Å². The van der Waals surface area contributed by atoms with Gasteiger partial charge in [-0.1, -0.05) is 48.0 Å². The van der Waals surface area contributed by atoms with E-state index >= 15 is 0 Å². The Hall–Kier alpha value is -1.46. The number of halogens is 4. The molecule has 142 valence electrons. The van der Waals surface area contributed by atoms with E-state index in [9.17, 15) is 14.7 Å². The number of hydrogen-bond donors (Lipinski definition) is 1. The highest BCUT2D eigenvalue weighted by molar-refractivity contribution is 6.66. The maximum Gasteiger partial charge on any atom is 0.199 e. The van der Waals surface area contributed by atoms with Crippen LogP contribution in [-0.2, 0) is 9.59 Å². The number of fused-ring (bicyclic) bond motifs is 1. The summed E-state index contributed by atoms with van der Waals surface area (Å²) in [5, 5.41) is 9.29. The Morgan fingerprint density at radius 2 is 1.85 bits per heavy atom. The Kier molecular flexibility index (Phi) is 5.15. The number of ketones is 2. The van der Waals surface area contributed by atoms with Crippen LogP contribution in [-0.4, -0.2) is 33.5 Å². The monoisotopic (exact) mass is 446 g/mol. The van der Waals surface area contributed by atoms with E-state index in [4.69, 9.17) is 51.1 Å². The van der Waals surface area contributed by atoms with E-state index in [2.05, 4.69) is 6.58 Å². The van der Waals surface area contributed by atoms with Crippen molar-refractivity contribution in [3.63, 3.8) is 0 Å². The fourth-order valence-corrected chi connectivity index (χ4v) is 5.05. The van der Waals surface area contributed by atoms with Crippen LogP contribution in [0.25, 0.3) is 0 Å². The fraction of sp³-hybridized carbons (Fsp3) is 0.263. The van der Waals surface area contributed by atoms with Crippen molar-refractivity contribution in [2.45, 2.75) is 22.1 Å². The lowest BCUT2D eigenvalue weighted by molar-refractivity contribution is -0.127. The molecule has 27 heavy (non-hydrogen) atoms. The third kappa shape index (κ3) is 2.65. The zero-order valence-corrected chi connectivity index (χ0v) is 17.1. The van der Waals surface area contributed by atoms with E-state index < -0.39 is 37.3 Å². The smallest absolute Gasteiger partial charge is 0.199 e. The Bertz CT molecular complexity index is 936. The van der Waals surface area contributed by atoms with Crippen molar-refractivity contribution in [2.75, 3.05) is 7.11 Å². The second-order valence-electron chi connectivity index (χ2n) is 6.28. The maximum atomic E-state index is 13.1. The molecule has 8 heteroatoms. The van der Waals surface area contributed by atoms with E-state index in [1.165, 1.54) is 25.3 Å². The zero-order chi connectivity index (χ0) is 20.1. The number of phenols is 1. The molecular weight excluding hydrogens is 434 g/mol. The minimum Gasteiger partial charge on any atom is -0.504 e. The number of carbonyl (C=O) groups excluding carboxylic acids is 2. The van der Waals surface area contributed by atoms with E-state index in [1.54, 1.807) is 12.1 Å². The van der Waals surface area contributed by atoms with Gasteiger partial charge in [-0.3, -0.25) is 9.59 Å². The number of alkyl halides is 2. The minimum absolute atomic E-state index is 0.0248. The normalized spacial score (nSPS) is 30.7. The molecule has 0 aromatic heterocycles. The first-order valence-electron chi connectivity index (χ1n) is 7.85. The van der Waals surface area contributed by atoms with Crippen molar-refractivity contribution < 1.29 is 19.4 Å². The molecule has 0 aliphatic heterocycles. The van der Waals surface area contributed by atoms with Gasteiger partial charge in [-0.2, -0.15) is 0 Å². The minimum atomic E-state index is -1.94. The molecule has 2 aliphatic rings. The first kappa shape index (κ1) is 20.3. The molecular formula is C19H14Cl4O4. The molecule has 1 aromatic rings. The number of hydrogen-bond acceptors (Lipinski definition) is 4. The summed E-state index contributed by atoms with van der Waals surface area (Å²) in [5.74, 6) is -2.27. The topological polar surface area (TPSA) is 63.6 Å². The largest absolute Gasteiger partial charge is 0.504 e. The summed E-state index contributed by atoms with van der Waals surface area (Å²) in [6.07, 6.45) is 3.18. The molecule has 1 N–H and O–H groups in total. The van der Waals surface area contributed by atoms with Gasteiger partial charge in [-0.05, 0) is 29.7 Å². The second kappa shape index (κ2) is 6.85. The lowest BCUT2D eigenvalue weighted by Gasteiger charge is -2.49. The Morgan fingerprint density at radius 3 is 2.41 bits per heavy atom. The van der Waals surface area contributed by atoms with Gasteiger partial charge in [-0.15, -0.1) is 23.2 Å². The quantitative estimate of drug-likeness (QED) is 0.676. The molecule has 2 aliphatic carbocycles. The van der Waals surface area contributed by atoms with Crippen molar-refractivity contribution >= 4 is 58.0 Å². The number of carbonyl (C=O) groups is 2. The van der Waals surface area contributed by atoms with Crippen LogP contribution in [0.2, 0.25) is 0 Å². The molecule has 4 nitrogen and oxygen atoms in total. The summed E-state index contributed by atoms with van der Waals surface area (Å²) < 4.78 is 5.05. The van der Waals surface area contributed by atoms with Gasteiger partial charge < -0.3 is 9.84 Å². The maximum absolute atomic E-state index is 13.1. The van der Waals surface area contributed by atoms with E-state index in [-0.39, 0.29) is 17.9 Å². The summed E-state index contributed by atoms with van der Waals surface area (Å²) >= 11 is 25.5. The zero-order valence-electron chi connectivity index (χ0n) is 14.1. The molecule has 0 spiro atoms. The molecule has 0 bridgehead atoms. The number of benzene rings is 1. The van der Waals surface area contributed by atoms with Gasteiger partial charge in [-0.25, -0.2) is 0 Å². The van der Waals surface area contributed by atoms with Crippen molar-refractivity contribution in [1.29, 1.82) is 0 Å². The van der Waals surface area contributed by atoms with E-state index in [1.807, 2.05) is 0 Å². The summed E-state index contributed by atoms with van der Waals surface area (Å²) in [7, 11) is 1.41. The first-order valence-corrected chi connectivity index (χ1v) is 9.36. The summed E-state index contributed by atoms with van der Waals surface area (Å²) in [4.78, 5) is 22.1. The summed E-state index contributed by atoms with van der Waals surface area (Å²) in [6, 6.07) is 4.55. The van der Waals surface area contributed by atoms with Crippen LogP contribution >= 0.6 is 46.4 Å². The average Bonchev–Trinajstić information content (AvgIpc) is 2.66. The summed E-state index contributed by atoms with van der Waals surface area (Å²) in [6.45, 7) is 3.76. The molecule has 0 radical (unpaired) electrons. The number of Topliss-reactive ketones (excluding diaryl/α,β-unsaturated/α-hetero) is 2. The van der Waals surface area contributed by atoms with Gasteiger partial charge in [0.2, 0.25) is 0 Å². The molecule has 1 aromatic carbocycles. The van der Waals surface area contributed by atoms with Crippen LogP contribution < -0.4 is 4.74 Å². The Labute approximate surface area is 176 Å². The fourth-order valence-electron chi connectivity index (χ4n) is 3.60. The van der Waals surface area contributed by atoms with Crippen molar-refractivity contribution in [2.24, 2.45) is 0 Å². The van der Waals surface area contributed by atoms with Crippen LogP contribution in [0.1, 0.15) is 17.9 Å². The number of ether oxygens (including phenoxy) is 1. The highest BCUT2D eigenvalue weighted by Crippen LogP contribution is 2.59. The lowest BCUT2D eigenvalue weighted by Crippen LogP contribution is -2.64. The average molecular weight is 448 g/mol. The van der Waals surface area contributed by atoms with Gasteiger partial charge >= 0.3 is 0 Å². The van der Waals surface area contributed by atoms with Crippen LogP contribution in [0, 0.1) is 0 Å². The third-order valence-corrected chi connectivity index (χ3v) is 7.23.